The zero-order valence-electron chi connectivity index (χ0n) is 16.9. The molecule has 0 aliphatic heterocycles. The lowest BCUT2D eigenvalue weighted by Gasteiger charge is -2.13. The van der Waals surface area contributed by atoms with Gasteiger partial charge in [-0.05, 0) is 46.9 Å². The number of rotatable bonds is 8. The number of hydrogen-bond acceptors (Lipinski definition) is 2. The molecular formula is C27H25NO2. The quantitative estimate of drug-likeness (QED) is 0.370. The van der Waals surface area contributed by atoms with Crippen molar-refractivity contribution in [3.63, 3.8) is 0 Å². The van der Waals surface area contributed by atoms with Crippen LogP contribution in [0.4, 0.5) is 5.69 Å². The molecule has 0 aliphatic carbocycles. The Morgan fingerprint density at radius 3 is 2.40 bits per heavy atom. The molecule has 4 rings (SSSR count). The van der Waals surface area contributed by atoms with Gasteiger partial charge in [-0.2, -0.15) is 0 Å². The van der Waals surface area contributed by atoms with Crippen molar-refractivity contribution in [2.45, 2.75) is 19.3 Å². The predicted molar refractivity (Wildman–Crippen MR) is 123 cm³/mol. The van der Waals surface area contributed by atoms with Gasteiger partial charge in [-0.25, -0.2) is 0 Å². The Hall–Kier alpha value is -3.59. The van der Waals surface area contributed by atoms with Crippen molar-refractivity contribution in [2.24, 2.45) is 0 Å². The number of hydrogen-bond donors (Lipinski definition) is 1. The molecule has 4 aromatic rings. The lowest BCUT2D eigenvalue weighted by molar-refractivity contribution is -0.115. The van der Waals surface area contributed by atoms with Gasteiger partial charge in [0.25, 0.3) is 0 Å². The van der Waals surface area contributed by atoms with E-state index in [9.17, 15) is 4.79 Å². The largest absolute Gasteiger partial charge is 0.491 e. The van der Waals surface area contributed by atoms with E-state index in [-0.39, 0.29) is 5.91 Å². The topological polar surface area (TPSA) is 38.3 Å². The summed E-state index contributed by atoms with van der Waals surface area (Å²) in [5.74, 6) is 0.656. The summed E-state index contributed by atoms with van der Waals surface area (Å²) in [6.45, 7) is 0.602. The molecule has 0 aliphatic rings. The molecule has 0 saturated heterocycles. The van der Waals surface area contributed by atoms with Crippen molar-refractivity contribution in [1.82, 2.24) is 0 Å². The van der Waals surface area contributed by atoms with Crippen LogP contribution in [-0.2, 0) is 17.6 Å². The molecule has 4 aromatic carbocycles. The van der Waals surface area contributed by atoms with Crippen molar-refractivity contribution in [3.8, 4) is 5.75 Å². The van der Waals surface area contributed by atoms with Crippen LogP contribution >= 0.6 is 0 Å². The van der Waals surface area contributed by atoms with E-state index in [1.54, 1.807) is 0 Å². The first-order valence-corrected chi connectivity index (χ1v) is 10.3. The van der Waals surface area contributed by atoms with E-state index in [4.69, 9.17) is 4.74 Å². The molecule has 0 unspecified atom stereocenters. The third kappa shape index (κ3) is 5.06. The Bertz CT molecular complexity index is 1120. The van der Waals surface area contributed by atoms with E-state index in [1.807, 2.05) is 54.6 Å². The second-order valence-electron chi connectivity index (χ2n) is 7.30. The maximum atomic E-state index is 12.7. The number of carbonyl (C=O) groups excluding carboxylic acids is 1. The summed E-state index contributed by atoms with van der Waals surface area (Å²) < 4.78 is 5.97. The molecule has 1 amide bonds. The van der Waals surface area contributed by atoms with Crippen molar-refractivity contribution in [1.29, 1.82) is 0 Å². The molecule has 3 heteroatoms. The number of ether oxygens (including phenoxy) is 1. The van der Waals surface area contributed by atoms with E-state index in [2.05, 4.69) is 47.8 Å². The van der Waals surface area contributed by atoms with Crippen LogP contribution in [0.5, 0.6) is 5.75 Å². The maximum absolute atomic E-state index is 12.7. The van der Waals surface area contributed by atoms with E-state index < -0.39 is 0 Å². The lowest BCUT2D eigenvalue weighted by atomic mass is 10.0. The number of carbonyl (C=O) groups is 1. The van der Waals surface area contributed by atoms with Crippen LogP contribution in [0.2, 0.25) is 0 Å². The molecule has 150 valence electrons. The zero-order valence-corrected chi connectivity index (χ0v) is 16.9. The molecule has 0 atom stereocenters. The average Bonchev–Trinajstić information content (AvgIpc) is 2.79. The molecule has 0 saturated carbocycles. The Labute approximate surface area is 177 Å². The SMILES string of the molecule is O=C(Cc1cccc2ccccc12)Nc1ccccc1OCCCc1ccccc1. The van der Waals surface area contributed by atoms with Crippen LogP contribution in [0.3, 0.4) is 0 Å². The molecular weight excluding hydrogens is 370 g/mol. The number of fused-ring (bicyclic) bond motifs is 1. The maximum Gasteiger partial charge on any atom is 0.228 e. The smallest absolute Gasteiger partial charge is 0.228 e. The van der Waals surface area contributed by atoms with Gasteiger partial charge in [0.2, 0.25) is 5.91 Å². The Morgan fingerprint density at radius 1 is 0.767 bits per heavy atom. The predicted octanol–water partition coefficient (Wildman–Crippen LogP) is 6.03. The Balaban J connectivity index is 1.36. The Kier molecular flexibility index (Phi) is 6.41. The van der Waals surface area contributed by atoms with Gasteiger partial charge < -0.3 is 10.1 Å². The van der Waals surface area contributed by atoms with Crippen molar-refractivity contribution < 1.29 is 9.53 Å². The first kappa shape index (κ1) is 19.7. The van der Waals surface area contributed by atoms with Gasteiger partial charge in [0, 0.05) is 0 Å². The summed E-state index contributed by atoms with van der Waals surface area (Å²) in [6.07, 6.45) is 2.21. The van der Waals surface area contributed by atoms with Crippen LogP contribution in [0, 0.1) is 0 Å². The minimum Gasteiger partial charge on any atom is -0.491 e. The van der Waals surface area contributed by atoms with Gasteiger partial charge in [0.1, 0.15) is 5.75 Å². The van der Waals surface area contributed by atoms with Crippen LogP contribution in [0.25, 0.3) is 10.8 Å². The van der Waals surface area contributed by atoms with E-state index in [0.29, 0.717) is 24.5 Å². The first-order chi connectivity index (χ1) is 14.8. The van der Waals surface area contributed by atoms with Crippen LogP contribution in [-0.4, -0.2) is 12.5 Å². The molecule has 30 heavy (non-hydrogen) atoms. The molecule has 0 fully saturated rings. The summed E-state index contributed by atoms with van der Waals surface area (Å²) in [7, 11) is 0. The van der Waals surface area contributed by atoms with Crippen LogP contribution in [0.15, 0.2) is 97.1 Å². The van der Waals surface area contributed by atoms with Crippen LogP contribution < -0.4 is 10.1 Å². The molecule has 0 spiro atoms. The fourth-order valence-electron chi connectivity index (χ4n) is 3.61. The van der Waals surface area contributed by atoms with Gasteiger partial charge in [-0.1, -0.05) is 84.9 Å². The number of anilines is 1. The fourth-order valence-corrected chi connectivity index (χ4v) is 3.61. The Morgan fingerprint density at radius 2 is 1.50 bits per heavy atom. The van der Waals surface area contributed by atoms with E-state index in [0.717, 1.165) is 29.2 Å². The highest BCUT2D eigenvalue weighted by molar-refractivity contribution is 5.97. The van der Waals surface area contributed by atoms with Gasteiger partial charge in [-0.3, -0.25) is 4.79 Å². The van der Waals surface area contributed by atoms with Crippen molar-refractivity contribution in [3.05, 3.63) is 108 Å². The molecule has 0 heterocycles. The fraction of sp³-hybridized carbons (Fsp3) is 0.148. The molecule has 3 nitrogen and oxygen atoms in total. The second-order valence-corrected chi connectivity index (χ2v) is 7.30. The molecule has 1 N–H and O–H groups in total. The monoisotopic (exact) mass is 395 g/mol. The standard InChI is InChI=1S/C27H25NO2/c29-27(20-23-15-8-14-22-13-4-5-16-24(22)23)28-25-17-6-7-18-26(25)30-19-9-12-21-10-2-1-3-11-21/h1-8,10-11,13-18H,9,12,19-20H2,(H,28,29). The molecule has 0 aromatic heterocycles. The number of nitrogens with one attached hydrogen (secondary N) is 1. The third-order valence-corrected chi connectivity index (χ3v) is 5.10. The highest BCUT2D eigenvalue weighted by Crippen LogP contribution is 2.25. The summed E-state index contributed by atoms with van der Waals surface area (Å²) in [5.41, 5.74) is 3.03. The minimum absolute atomic E-state index is 0.0494. The minimum atomic E-state index is -0.0494. The van der Waals surface area contributed by atoms with Gasteiger partial charge in [-0.15, -0.1) is 0 Å². The summed E-state index contributed by atoms with van der Waals surface area (Å²) >= 11 is 0. The van der Waals surface area contributed by atoms with Crippen LogP contribution in [0.1, 0.15) is 17.5 Å². The third-order valence-electron chi connectivity index (χ3n) is 5.10. The first-order valence-electron chi connectivity index (χ1n) is 10.3. The lowest BCUT2D eigenvalue weighted by Crippen LogP contribution is -2.15. The van der Waals surface area contributed by atoms with Gasteiger partial charge in [0.15, 0.2) is 0 Å². The van der Waals surface area contributed by atoms with Crippen molar-refractivity contribution in [2.75, 3.05) is 11.9 Å². The number of aryl methyl sites for hydroxylation is 1. The molecule has 0 bridgehead atoms. The second kappa shape index (κ2) is 9.75. The molecule has 0 radical (unpaired) electrons. The average molecular weight is 396 g/mol. The van der Waals surface area contributed by atoms with Gasteiger partial charge in [0.05, 0.1) is 18.7 Å². The summed E-state index contributed by atoms with van der Waals surface area (Å²) in [5, 5.41) is 5.27. The summed E-state index contributed by atoms with van der Waals surface area (Å²) in [6, 6.07) is 32.2. The number of amides is 1. The van der Waals surface area contributed by atoms with Gasteiger partial charge >= 0.3 is 0 Å². The highest BCUT2D eigenvalue weighted by Gasteiger charge is 2.10. The zero-order chi connectivity index (χ0) is 20.6. The normalized spacial score (nSPS) is 10.7. The van der Waals surface area contributed by atoms with E-state index >= 15 is 0 Å². The number of para-hydroxylation sites is 2. The summed E-state index contributed by atoms with van der Waals surface area (Å²) in [4.78, 5) is 12.7. The van der Waals surface area contributed by atoms with E-state index in [1.165, 1.54) is 5.56 Å². The number of benzene rings is 4. The highest BCUT2D eigenvalue weighted by atomic mass is 16.5. The van der Waals surface area contributed by atoms with Crippen molar-refractivity contribution >= 4 is 22.4 Å².